The molecule has 1 amide bonds. The molecule has 5 rings (SSSR count). The van der Waals surface area contributed by atoms with E-state index in [0.29, 0.717) is 21.9 Å². The summed E-state index contributed by atoms with van der Waals surface area (Å²) in [6.07, 6.45) is 3.28. The van der Waals surface area contributed by atoms with Crippen molar-refractivity contribution < 1.29 is 4.79 Å². The van der Waals surface area contributed by atoms with E-state index in [1.54, 1.807) is 29.0 Å². The highest BCUT2D eigenvalue weighted by atomic mass is 35.5. The summed E-state index contributed by atoms with van der Waals surface area (Å²) < 4.78 is 4.22. The number of aryl methyl sites for hydroxylation is 2. The number of hydrogen-bond acceptors (Lipinski definition) is 4. The normalized spacial score (nSPS) is 11.3. The van der Waals surface area contributed by atoms with Gasteiger partial charge in [-0.05, 0) is 55.3 Å². The molecule has 0 saturated heterocycles. The maximum atomic E-state index is 12.8. The van der Waals surface area contributed by atoms with Crippen LogP contribution in [0.1, 0.15) is 11.1 Å². The van der Waals surface area contributed by atoms with Crippen LogP contribution in [0.5, 0.6) is 0 Å². The summed E-state index contributed by atoms with van der Waals surface area (Å²) in [6, 6.07) is 15.0. The van der Waals surface area contributed by atoms with Crippen LogP contribution in [0, 0.1) is 13.8 Å². The predicted octanol–water partition coefficient (Wildman–Crippen LogP) is 3.72. The van der Waals surface area contributed by atoms with Crippen LogP contribution in [0.2, 0.25) is 5.02 Å². The number of nitrogens with one attached hydrogen (secondary N) is 1. The topological polar surface area (TPSA) is 85.7 Å². The van der Waals surface area contributed by atoms with Crippen molar-refractivity contribution in [1.82, 2.24) is 23.8 Å². The molecule has 1 N–H and O–H groups in total. The lowest BCUT2D eigenvalue weighted by Crippen LogP contribution is -2.28. The molecule has 0 atom stereocenters. The Labute approximate surface area is 187 Å². The van der Waals surface area contributed by atoms with Gasteiger partial charge in [-0.2, -0.15) is 5.10 Å². The zero-order chi connectivity index (χ0) is 22.4. The second-order valence-electron chi connectivity index (χ2n) is 7.72. The van der Waals surface area contributed by atoms with Gasteiger partial charge in [0.05, 0.1) is 5.69 Å². The van der Waals surface area contributed by atoms with Crippen molar-refractivity contribution in [3.8, 4) is 11.3 Å². The van der Waals surface area contributed by atoms with Gasteiger partial charge in [0, 0.05) is 28.7 Å². The highest BCUT2D eigenvalue weighted by Gasteiger charge is 2.15. The van der Waals surface area contributed by atoms with Gasteiger partial charge in [0.1, 0.15) is 12.1 Å². The largest absolute Gasteiger partial charge is 0.350 e. The Balaban J connectivity index is 1.48. The molecule has 3 heterocycles. The summed E-state index contributed by atoms with van der Waals surface area (Å²) in [5.41, 5.74) is 5.08. The van der Waals surface area contributed by atoms with E-state index in [9.17, 15) is 9.59 Å². The monoisotopic (exact) mass is 446 g/mol. The molecule has 32 heavy (non-hydrogen) atoms. The summed E-state index contributed by atoms with van der Waals surface area (Å²) in [7, 11) is 0. The van der Waals surface area contributed by atoms with Crippen LogP contribution >= 0.6 is 11.6 Å². The zero-order valence-electron chi connectivity index (χ0n) is 17.4. The average Bonchev–Trinajstić information content (AvgIpc) is 3.29. The van der Waals surface area contributed by atoms with E-state index >= 15 is 0 Å². The number of fused-ring (bicyclic) bond motifs is 3. The lowest BCUT2D eigenvalue weighted by atomic mass is 10.1. The first-order valence-corrected chi connectivity index (χ1v) is 10.4. The minimum Gasteiger partial charge on any atom is -0.324 e. The van der Waals surface area contributed by atoms with Crippen molar-refractivity contribution >= 4 is 34.4 Å². The Morgan fingerprint density at radius 2 is 1.72 bits per heavy atom. The fraction of sp³-hybridized carbons (Fsp3) is 0.130. The molecule has 5 aromatic rings. The molecule has 0 aliphatic carbocycles. The Morgan fingerprint density at radius 3 is 2.44 bits per heavy atom. The number of halogens is 1. The molecule has 0 fully saturated rings. The molecule has 0 bridgehead atoms. The molecule has 0 saturated carbocycles. The number of amides is 1. The molecule has 0 aliphatic rings. The molecular weight excluding hydrogens is 428 g/mol. The van der Waals surface area contributed by atoms with E-state index in [1.807, 2.05) is 50.2 Å². The third-order valence-corrected chi connectivity index (χ3v) is 5.38. The van der Waals surface area contributed by atoms with Crippen molar-refractivity contribution in [2.75, 3.05) is 5.32 Å². The van der Waals surface area contributed by atoms with Gasteiger partial charge in [-0.3, -0.25) is 4.79 Å². The Bertz CT molecular complexity index is 1520. The van der Waals surface area contributed by atoms with E-state index in [1.165, 1.54) is 4.40 Å². The number of rotatable bonds is 4. The number of aromatic nitrogens is 5. The van der Waals surface area contributed by atoms with Crippen molar-refractivity contribution in [2.24, 2.45) is 0 Å². The molecule has 0 radical (unpaired) electrons. The van der Waals surface area contributed by atoms with Gasteiger partial charge >= 0.3 is 5.69 Å². The Morgan fingerprint density at radius 1 is 1.00 bits per heavy atom. The third-order valence-electron chi connectivity index (χ3n) is 5.13. The molecule has 0 aliphatic heterocycles. The van der Waals surface area contributed by atoms with E-state index < -0.39 is 5.69 Å². The maximum absolute atomic E-state index is 12.8. The highest BCUT2D eigenvalue weighted by molar-refractivity contribution is 6.30. The van der Waals surface area contributed by atoms with Crippen molar-refractivity contribution in [1.29, 1.82) is 0 Å². The summed E-state index contributed by atoms with van der Waals surface area (Å²) in [5, 5.41) is 12.4. The van der Waals surface area contributed by atoms with Crippen molar-refractivity contribution in [2.45, 2.75) is 20.4 Å². The standard InChI is InChI=1S/C23H19ClN6O2/c1-14-9-15(2)11-18(10-14)25-21(31)13-30-23(32)28-7-8-29-20(22(28)27-30)12-19(26-29)16-3-5-17(24)6-4-16/h3-12H,13H2,1-2H3,(H,25,31). The zero-order valence-corrected chi connectivity index (χ0v) is 18.2. The van der Waals surface area contributed by atoms with Gasteiger partial charge in [0.2, 0.25) is 5.91 Å². The summed E-state index contributed by atoms with van der Waals surface area (Å²) in [4.78, 5) is 25.4. The third kappa shape index (κ3) is 3.65. The lowest BCUT2D eigenvalue weighted by molar-refractivity contribution is -0.117. The van der Waals surface area contributed by atoms with Crippen LogP contribution in [0.25, 0.3) is 22.4 Å². The lowest BCUT2D eigenvalue weighted by Gasteiger charge is -2.07. The second kappa shape index (κ2) is 7.65. The van der Waals surface area contributed by atoms with Crippen LogP contribution in [-0.2, 0) is 11.3 Å². The molecule has 9 heteroatoms. The fourth-order valence-electron chi connectivity index (χ4n) is 3.78. The number of hydrogen-bond donors (Lipinski definition) is 1. The number of anilines is 1. The minimum atomic E-state index is -0.396. The van der Waals surface area contributed by atoms with Crippen molar-refractivity contribution in [3.63, 3.8) is 0 Å². The molecule has 160 valence electrons. The first-order chi connectivity index (χ1) is 15.4. The van der Waals surface area contributed by atoms with Crippen LogP contribution in [0.15, 0.2) is 65.7 Å². The molecule has 0 unspecified atom stereocenters. The van der Waals surface area contributed by atoms with Gasteiger partial charge in [-0.1, -0.05) is 29.8 Å². The predicted molar refractivity (Wildman–Crippen MR) is 123 cm³/mol. The van der Waals surface area contributed by atoms with Crippen LogP contribution in [0.4, 0.5) is 5.69 Å². The number of carbonyl (C=O) groups is 1. The number of carbonyl (C=O) groups excluding carboxylic acids is 1. The SMILES string of the molecule is Cc1cc(C)cc(NC(=O)Cn2nc3c4cc(-c5ccc(Cl)cc5)nn4ccn3c2=O)c1. The molecule has 3 aromatic heterocycles. The first-order valence-electron chi connectivity index (χ1n) is 9.99. The molecule has 0 spiro atoms. The van der Waals surface area contributed by atoms with E-state index in [0.717, 1.165) is 27.1 Å². The average molecular weight is 447 g/mol. The van der Waals surface area contributed by atoms with Crippen LogP contribution in [-0.4, -0.2) is 29.7 Å². The highest BCUT2D eigenvalue weighted by Crippen LogP contribution is 2.23. The molecular formula is C23H19ClN6O2. The minimum absolute atomic E-state index is 0.197. The summed E-state index contributed by atoms with van der Waals surface area (Å²) in [5.74, 6) is -0.327. The maximum Gasteiger partial charge on any atom is 0.350 e. The van der Waals surface area contributed by atoms with Crippen LogP contribution in [0.3, 0.4) is 0 Å². The van der Waals surface area contributed by atoms with E-state index in [4.69, 9.17) is 11.6 Å². The van der Waals surface area contributed by atoms with Crippen molar-refractivity contribution in [3.05, 3.63) is 87.6 Å². The molecule has 2 aromatic carbocycles. The van der Waals surface area contributed by atoms with E-state index in [-0.39, 0.29) is 12.5 Å². The second-order valence-corrected chi connectivity index (χ2v) is 8.16. The quantitative estimate of drug-likeness (QED) is 0.456. The first kappa shape index (κ1) is 20.0. The van der Waals surface area contributed by atoms with E-state index in [2.05, 4.69) is 15.5 Å². The summed E-state index contributed by atoms with van der Waals surface area (Å²) in [6.45, 7) is 3.73. The van der Waals surface area contributed by atoms with Gasteiger partial charge in [-0.25, -0.2) is 18.4 Å². The van der Waals surface area contributed by atoms with Gasteiger partial charge in [0.15, 0.2) is 5.65 Å². The van der Waals surface area contributed by atoms with Gasteiger partial charge < -0.3 is 5.32 Å². The number of nitrogens with zero attached hydrogens (tertiary/aromatic N) is 5. The summed E-state index contributed by atoms with van der Waals surface area (Å²) >= 11 is 5.97. The Hall–Kier alpha value is -3.91. The smallest absolute Gasteiger partial charge is 0.324 e. The fourth-order valence-corrected chi connectivity index (χ4v) is 3.91. The number of benzene rings is 2. The molecule has 8 nitrogen and oxygen atoms in total. The van der Waals surface area contributed by atoms with Gasteiger partial charge in [0.25, 0.3) is 0 Å². The van der Waals surface area contributed by atoms with Crippen LogP contribution < -0.4 is 11.0 Å². The van der Waals surface area contributed by atoms with Gasteiger partial charge in [-0.15, -0.1) is 5.10 Å². The Kier molecular flexibility index (Phi) is 4.79.